The van der Waals surface area contributed by atoms with Crippen molar-refractivity contribution in [3.8, 4) is 5.75 Å². The van der Waals surface area contributed by atoms with Gasteiger partial charge in [0.05, 0.1) is 33.3 Å². The average molecular weight is 360 g/mol. The second-order valence-electron chi connectivity index (χ2n) is 6.53. The van der Waals surface area contributed by atoms with Crippen LogP contribution in [0.25, 0.3) is 0 Å². The van der Waals surface area contributed by atoms with Gasteiger partial charge < -0.3 is 14.5 Å². The Balaban J connectivity index is 1.59. The minimum Gasteiger partial charge on any atom is -0.496 e. The summed E-state index contributed by atoms with van der Waals surface area (Å²) in [6, 6.07) is 13.7. The Hall–Kier alpha value is -2.04. The minimum atomic E-state index is 0.0834. The molecule has 0 bridgehead atoms. The Morgan fingerprint density at radius 1 is 1.20 bits per heavy atom. The van der Waals surface area contributed by atoms with Crippen LogP contribution < -0.4 is 9.64 Å². The molecule has 1 aliphatic heterocycles. The molecule has 3 rings (SSSR count). The molecular weight excluding hydrogens is 336 g/mol. The number of piperazine rings is 1. The lowest BCUT2D eigenvalue weighted by Crippen LogP contribution is -3.13. The van der Waals surface area contributed by atoms with E-state index in [1.54, 1.807) is 7.11 Å². The average Bonchev–Trinajstić information content (AvgIpc) is 2.62. The molecule has 1 saturated heterocycles. The largest absolute Gasteiger partial charge is 0.496 e. The first-order chi connectivity index (χ1) is 12.1. The van der Waals surface area contributed by atoms with Crippen LogP contribution in [0.5, 0.6) is 5.75 Å². The molecule has 0 radical (unpaired) electrons. The number of methoxy groups -OCH3 is 1. The molecule has 0 aromatic heterocycles. The summed E-state index contributed by atoms with van der Waals surface area (Å²) in [5, 5.41) is 0.777. The van der Waals surface area contributed by atoms with Crippen molar-refractivity contribution in [2.24, 2.45) is 0 Å². The van der Waals surface area contributed by atoms with Crippen molar-refractivity contribution in [2.75, 3.05) is 33.3 Å². The summed E-state index contributed by atoms with van der Waals surface area (Å²) in [6.45, 7) is 6.35. The first-order valence-corrected chi connectivity index (χ1v) is 8.96. The fraction of sp³-hybridized carbons (Fsp3) is 0.350. The van der Waals surface area contributed by atoms with Gasteiger partial charge in [0.15, 0.2) is 0 Å². The van der Waals surface area contributed by atoms with Crippen molar-refractivity contribution < 1.29 is 14.4 Å². The lowest BCUT2D eigenvalue weighted by Gasteiger charge is -2.32. The first kappa shape index (κ1) is 17.8. The predicted octanol–water partition coefficient (Wildman–Crippen LogP) is 2.20. The number of nitrogens with one attached hydrogen (secondary N) is 1. The van der Waals surface area contributed by atoms with Crippen LogP contribution in [0.3, 0.4) is 0 Å². The highest BCUT2D eigenvalue weighted by Crippen LogP contribution is 2.20. The van der Waals surface area contributed by atoms with Gasteiger partial charge in [-0.05, 0) is 36.8 Å². The molecule has 5 heteroatoms. The third-order valence-electron chi connectivity index (χ3n) is 4.76. The van der Waals surface area contributed by atoms with Crippen LogP contribution in [0, 0.1) is 6.92 Å². The summed E-state index contributed by atoms with van der Waals surface area (Å²) in [5.41, 5.74) is 2.97. The fourth-order valence-corrected chi connectivity index (χ4v) is 3.49. The third-order valence-corrected chi connectivity index (χ3v) is 4.99. The molecule has 0 atom stereocenters. The van der Waals surface area contributed by atoms with E-state index < -0.39 is 0 Å². The highest BCUT2D eigenvalue weighted by atomic mass is 35.5. The Labute approximate surface area is 154 Å². The molecule has 1 heterocycles. The number of quaternary nitrogens is 1. The van der Waals surface area contributed by atoms with Crippen molar-refractivity contribution in [1.82, 2.24) is 4.90 Å². The summed E-state index contributed by atoms with van der Waals surface area (Å²) in [6.07, 6.45) is 0. The Bertz CT molecular complexity index is 755. The smallest absolute Gasteiger partial charge is 0.254 e. The third kappa shape index (κ3) is 4.33. The number of halogens is 1. The van der Waals surface area contributed by atoms with E-state index in [4.69, 9.17) is 16.3 Å². The van der Waals surface area contributed by atoms with E-state index in [2.05, 4.69) is 6.07 Å². The number of hydrogen-bond donors (Lipinski definition) is 1. The number of hydrogen-bond acceptors (Lipinski definition) is 2. The number of carbonyl (C=O) groups excluding carboxylic acids is 1. The lowest BCUT2D eigenvalue weighted by molar-refractivity contribution is -0.917. The van der Waals surface area contributed by atoms with Crippen LogP contribution >= 0.6 is 11.6 Å². The quantitative estimate of drug-likeness (QED) is 0.908. The zero-order valence-electron chi connectivity index (χ0n) is 14.7. The minimum absolute atomic E-state index is 0.0834. The van der Waals surface area contributed by atoms with Crippen LogP contribution in [0.15, 0.2) is 42.5 Å². The van der Waals surface area contributed by atoms with Gasteiger partial charge in [0, 0.05) is 16.1 Å². The summed E-state index contributed by atoms with van der Waals surface area (Å²) in [5.74, 6) is 0.844. The number of benzene rings is 2. The van der Waals surface area contributed by atoms with E-state index in [0.29, 0.717) is 5.56 Å². The topological polar surface area (TPSA) is 34.0 Å². The number of nitrogens with zero attached hydrogens (tertiary/aromatic N) is 1. The zero-order chi connectivity index (χ0) is 17.8. The van der Waals surface area contributed by atoms with E-state index in [1.165, 1.54) is 10.5 Å². The van der Waals surface area contributed by atoms with Crippen molar-refractivity contribution in [3.05, 3.63) is 64.2 Å². The number of rotatable bonds is 4. The number of carbonyl (C=O) groups is 1. The van der Waals surface area contributed by atoms with Gasteiger partial charge in [0.25, 0.3) is 5.91 Å². The molecule has 1 N–H and O–H groups in total. The first-order valence-electron chi connectivity index (χ1n) is 8.59. The molecular formula is C20H24ClN2O2+. The van der Waals surface area contributed by atoms with E-state index in [0.717, 1.165) is 49.1 Å². The van der Waals surface area contributed by atoms with Gasteiger partial charge in [-0.25, -0.2) is 0 Å². The Morgan fingerprint density at radius 3 is 2.64 bits per heavy atom. The molecule has 2 aromatic rings. The van der Waals surface area contributed by atoms with E-state index in [1.807, 2.05) is 48.2 Å². The molecule has 1 amide bonds. The van der Waals surface area contributed by atoms with Crippen molar-refractivity contribution in [1.29, 1.82) is 0 Å². The molecule has 25 heavy (non-hydrogen) atoms. The number of amides is 1. The van der Waals surface area contributed by atoms with Gasteiger partial charge in [-0.1, -0.05) is 29.8 Å². The molecule has 0 spiro atoms. The van der Waals surface area contributed by atoms with Crippen molar-refractivity contribution >= 4 is 17.5 Å². The van der Waals surface area contributed by atoms with Crippen LogP contribution in [-0.2, 0) is 6.54 Å². The standard InChI is InChI=1S/C20H23ClN2O2/c1-15-6-7-17(13-19(15)25-2)20(24)23-10-8-22(9-11-23)14-16-4-3-5-18(21)12-16/h3-7,12-13H,8-11,14H2,1-2H3/p+1. The number of ether oxygens (including phenoxy) is 1. The van der Waals surface area contributed by atoms with Crippen LogP contribution in [-0.4, -0.2) is 44.1 Å². The second-order valence-corrected chi connectivity index (χ2v) is 6.97. The van der Waals surface area contributed by atoms with Gasteiger partial charge in [0.1, 0.15) is 12.3 Å². The SMILES string of the molecule is COc1cc(C(=O)N2CC[NH+](Cc3cccc(Cl)c3)CC2)ccc1C. The fourth-order valence-electron chi connectivity index (χ4n) is 3.27. The molecule has 0 unspecified atom stereocenters. The molecule has 4 nitrogen and oxygen atoms in total. The summed E-state index contributed by atoms with van der Waals surface area (Å²) in [4.78, 5) is 16.1. The summed E-state index contributed by atoms with van der Waals surface area (Å²) >= 11 is 6.06. The van der Waals surface area contributed by atoms with E-state index in [-0.39, 0.29) is 5.91 Å². The highest BCUT2D eigenvalue weighted by Gasteiger charge is 2.25. The van der Waals surface area contributed by atoms with Gasteiger partial charge >= 0.3 is 0 Å². The summed E-state index contributed by atoms with van der Waals surface area (Å²) < 4.78 is 5.33. The molecule has 2 aromatic carbocycles. The maximum Gasteiger partial charge on any atom is 0.254 e. The maximum absolute atomic E-state index is 12.7. The molecule has 1 fully saturated rings. The van der Waals surface area contributed by atoms with Crippen LogP contribution in [0.4, 0.5) is 0 Å². The molecule has 1 aliphatic rings. The molecule has 0 saturated carbocycles. The monoisotopic (exact) mass is 359 g/mol. The van der Waals surface area contributed by atoms with Crippen LogP contribution in [0.1, 0.15) is 21.5 Å². The van der Waals surface area contributed by atoms with Gasteiger partial charge in [0.2, 0.25) is 0 Å². The van der Waals surface area contributed by atoms with Crippen molar-refractivity contribution in [2.45, 2.75) is 13.5 Å². The summed E-state index contributed by atoms with van der Waals surface area (Å²) in [7, 11) is 1.63. The lowest BCUT2D eigenvalue weighted by atomic mass is 10.1. The molecule has 132 valence electrons. The van der Waals surface area contributed by atoms with Crippen molar-refractivity contribution in [3.63, 3.8) is 0 Å². The van der Waals surface area contributed by atoms with Gasteiger partial charge in [-0.2, -0.15) is 0 Å². The molecule has 0 aliphatic carbocycles. The number of aryl methyl sites for hydroxylation is 1. The Kier molecular flexibility index (Phi) is 5.61. The highest BCUT2D eigenvalue weighted by molar-refractivity contribution is 6.30. The van der Waals surface area contributed by atoms with Gasteiger partial charge in [-0.15, -0.1) is 0 Å². The Morgan fingerprint density at radius 2 is 1.96 bits per heavy atom. The van der Waals surface area contributed by atoms with E-state index in [9.17, 15) is 4.79 Å². The maximum atomic E-state index is 12.7. The van der Waals surface area contributed by atoms with Crippen LogP contribution in [0.2, 0.25) is 5.02 Å². The predicted molar refractivity (Wildman–Crippen MR) is 99.5 cm³/mol. The zero-order valence-corrected chi connectivity index (χ0v) is 15.5. The normalized spacial score (nSPS) is 15.2. The van der Waals surface area contributed by atoms with Gasteiger partial charge in [-0.3, -0.25) is 4.79 Å². The second kappa shape index (κ2) is 7.89. The van der Waals surface area contributed by atoms with E-state index >= 15 is 0 Å².